The summed E-state index contributed by atoms with van der Waals surface area (Å²) in [7, 11) is 0. The van der Waals surface area contributed by atoms with Crippen molar-refractivity contribution in [3.05, 3.63) is 74.8 Å². The molecule has 0 fully saturated rings. The van der Waals surface area contributed by atoms with Crippen LogP contribution in [-0.4, -0.2) is 4.98 Å². The maximum Gasteiger partial charge on any atom is 0.0862 e. The largest absolute Gasteiger partial charge is 0.247 e. The minimum Gasteiger partial charge on any atom is -0.247 e. The molecule has 3 aromatic rings. The van der Waals surface area contributed by atoms with Crippen molar-refractivity contribution < 1.29 is 0 Å². The molecule has 0 saturated carbocycles. The first kappa shape index (κ1) is 13.5. The lowest BCUT2D eigenvalue weighted by Crippen LogP contribution is -1.85. The van der Waals surface area contributed by atoms with E-state index in [0.717, 1.165) is 25.5 Å². The third-order valence-corrected chi connectivity index (χ3v) is 4.35. The van der Waals surface area contributed by atoms with Gasteiger partial charge < -0.3 is 0 Å². The standard InChI is InChI=1S/C17H11Br2N/c18-15-10-11-16(19)17-14(15)9-8-13(20-17)7-6-12-4-2-1-3-5-12/h1-11H. The highest BCUT2D eigenvalue weighted by atomic mass is 79.9. The Morgan fingerprint density at radius 1 is 0.750 bits per heavy atom. The first-order valence-corrected chi connectivity index (χ1v) is 7.80. The highest BCUT2D eigenvalue weighted by molar-refractivity contribution is 9.11. The predicted octanol–water partition coefficient (Wildman–Crippen LogP) is 5.93. The quantitative estimate of drug-likeness (QED) is 0.530. The molecule has 0 amide bonds. The molecule has 1 nitrogen and oxygen atoms in total. The molecule has 2 aromatic carbocycles. The third kappa shape index (κ3) is 2.84. The summed E-state index contributed by atoms with van der Waals surface area (Å²) in [4.78, 5) is 4.69. The highest BCUT2D eigenvalue weighted by Crippen LogP contribution is 2.29. The molecule has 0 aliphatic heterocycles. The van der Waals surface area contributed by atoms with Gasteiger partial charge in [0, 0.05) is 14.3 Å². The van der Waals surface area contributed by atoms with Gasteiger partial charge in [0.05, 0.1) is 11.2 Å². The van der Waals surface area contributed by atoms with Crippen LogP contribution < -0.4 is 0 Å². The molecule has 0 radical (unpaired) electrons. The number of rotatable bonds is 2. The Morgan fingerprint density at radius 2 is 1.50 bits per heavy atom. The molecule has 0 aliphatic carbocycles. The molecular formula is C17H11Br2N. The van der Waals surface area contributed by atoms with Gasteiger partial charge in [-0.15, -0.1) is 0 Å². The molecule has 1 aromatic heterocycles. The summed E-state index contributed by atoms with van der Waals surface area (Å²) in [6.07, 6.45) is 4.10. The number of hydrogen-bond donors (Lipinski definition) is 0. The summed E-state index contributed by atoms with van der Waals surface area (Å²) < 4.78 is 2.06. The fraction of sp³-hybridized carbons (Fsp3) is 0. The average molecular weight is 389 g/mol. The van der Waals surface area contributed by atoms with E-state index in [1.54, 1.807) is 0 Å². The Morgan fingerprint density at radius 3 is 2.30 bits per heavy atom. The van der Waals surface area contributed by atoms with Gasteiger partial charge in [0.2, 0.25) is 0 Å². The Bertz CT molecular complexity index is 780. The Balaban J connectivity index is 2.01. The van der Waals surface area contributed by atoms with Crippen LogP contribution in [0.5, 0.6) is 0 Å². The van der Waals surface area contributed by atoms with Gasteiger partial charge in [0.25, 0.3) is 0 Å². The van der Waals surface area contributed by atoms with Gasteiger partial charge in [-0.2, -0.15) is 0 Å². The van der Waals surface area contributed by atoms with E-state index >= 15 is 0 Å². The minimum absolute atomic E-state index is 0.945. The Labute approximate surface area is 134 Å². The molecule has 1 heterocycles. The van der Waals surface area contributed by atoms with E-state index in [0.29, 0.717) is 0 Å². The first-order valence-electron chi connectivity index (χ1n) is 6.22. The molecule has 0 unspecified atom stereocenters. The number of pyridine rings is 1. The molecule has 3 heteroatoms. The van der Waals surface area contributed by atoms with Gasteiger partial charge in [-0.05, 0) is 51.8 Å². The van der Waals surface area contributed by atoms with Crippen molar-refractivity contribution in [1.82, 2.24) is 4.98 Å². The van der Waals surface area contributed by atoms with Crippen LogP contribution in [0.2, 0.25) is 0 Å². The molecule has 3 rings (SSSR count). The second-order valence-corrected chi connectivity index (χ2v) is 6.11. The van der Waals surface area contributed by atoms with Crippen molar-refractivity contribution in [2.45, 2.75) is 0 Å². The smallest absolute Gasteiger partial charge is 0.0862 e. The molecule has 0 bridgehead atoms. The molecule has 0 spiro atoms. The Hall–Kier alpha value is -1.45. The van der Waals surface area contributed by atoms with Crippen LogP contribution >= 0.6 is 31.9 Å². The molecule has 20 heavy (non-hydrogen) atoms. The van der Waals surface area contributed by atoms with Crippen LogP contribution in [0.3, 0.4) is 0 Å². The van der Waals surface area contributed by atoms with Crippen LogP contribution in [-0.2, 0) is 0 Å². The lowest BCUT2D eigenvalue weighted by Gasteiger charge is -2.03. The Kier molecular flexibility index (Phi) is 3.99. The van der Waals surface area contributed by atoms with Gasteiger partial charge in [-0.1, -0.05) is 52.3 Å². The van der Waals surface area contributed by atoms with Gasteiger partial charge in [-0.3, -0.25) is 0 Å². The lowest BCUT2D eigenvalue weighted by atomic mass is 10.1. The van der Waals surface area contributed by atoms with Crippen molar-refractivity contribution in [1.29, 1.82) is 0 Å². The minimum atomic E-state index is 0.945. The summed E-state index contributed by atoms with van der Waals surface area (Å²) >= 11 is 7.11. The maximum atomic E-state index is 4.69. The highest BCUT2D eigenvalue weighted by Gasteiger charge is 2.04. The summed E-state index contributed by atoms with van der Waals surface area (Å²) in [5.74, 6) is 0. The van der Waals surface area contributed by atoms with Crippen LogP contribution in [0.25, 0.3) is 23.1 Å². The van der Waals surface area contributed by atoms with Crippen molar-refractivity contribution >= 4 is 54.9 Å². The SMILES string of the molecule is Brc1ccc(Br)c2nc(C=Cc3ccccc3)ccc12. The summed E-state index contributed by atoms with van der Waals surface area (Å²) in [6.45, 7) is 0. The van der Waals surface area contributed by atoms with E-state index in [-0.39, 0.29) is 0 Å². The van der Waals surface area contributed by atoms with Crippen molar-refractivity contribution in [3.8, 4) is 0 Å². The number of fused-ring (bicyclic) bond motifs is 1. The summed E-state index contributed by atoms with van der Waals surface area (Å²) in [6, 6.07) is 18.4. The van der Waals surface area contributed by atoms with E-state index in [9.17, 15) is 0 Å². The van der Waals surface area contributed by atoms with Crippen LogP contribution in [0.1, 0.15) is 11.3 Å². The van der Waals surface area contributed by atoms with E-state index in [4.69, 9.17) is 0 Å². The topological polar surface area (TPSA) is 12.9 Å². The molecule has 0 atom stereocenters. The zero-order valence-corrected chi connectivity index (χ0v) is 13.7. The van der Waals surface area contributed by atoms with Crippen molar-refractivity contribution in [2.24, 2.45) is 0 Å². The van der Waals surface area contributed by atoms with Gasteiger partial charge in [0.15, 0.2) is 0 Å². The molecule has 0 saturated heterocycles. The van der Waals surface area contributed by atoms with Gasteiger partial charge in [0.1, 0.15) is 0 Å². The molecule has 0 N–H and O–H groups in total. The second kappa shape index (κ2) is 5.90. The normalized spacial score (nSPS) is 11.3. The zero-order chi connectivity index (χ0) is 13.9. The first-order chi connectivity index (χ1) is 9.74. The summed E-state index contributed by atoms with van der Waals surface area (Å²) in [5.41, 5.74) is 3.08. The zero-order valence-electron chi connectivity index (χ0n) is 10.6. The second-order valence-electron chi connectivity index (χ2n) is 4.41. The maximum absolute atomic E-state index is 4.69. The van der Waals surface area contributed by atoms with E-state index in [2.05, 4.69) is 61.1 Å². The number of benzene rings is 2. The molecule has 0 aliphatic rings. The fourth-order valence-corrected chi connectivity index (χ4v) is 2.89. The van der Waals surface area contributed by atoms with Gasteiger partial charge in [-0.25, -0.2) is 4.98 Å². The number of nitrogens with zero attached hydrogens (tertiary/aromatic N) is 1. The van der Waals surface area contributed by atoms with Crippen molar-refractivity contribution in [2.75, 3.05) is 0 Å². The summed E-state index contributed by atoms with van der Waals surface area (Å²) in [5, 5.41) is 1.11. The van der Waals surface area contributed by atoms with Gasteiger partial charge >= 0.3 is 0 Å². The number of halogens is 2. The van der Waals surface area contributed by atoms with Crippen LogP contribution in [0.4, 0.5) is 0 Å². The number of hydrogen-bond acceptors (Lipinski definition) is 1. The molecular weight excluding hydrogens is 378 g/mol. The number of aromatic nitrogens is 1. The monoisotopic (exact) mass is 387 g/mol. The lowest BCUT2D eigenvalue weighted by molar-refractivity contribution is 1.36. The van der Waals surface area contributed by atoms with Crippen molar-refractivity contribution in [3.63, 3.8) is 0 Å². The fourth-order valence-electron chi connectivity index (χ4n) is 2.00. The van der Waals surface area contributed by atoms with E-state index in [1.165, 1.54) is 5.56 Å². The molecule has 98 valence electrons. The van der Waals surface area contributed by atoms with Crippen LogP contribution in [0.15, 0.2) is 63.5 Å². The average Bonchev–Trinajstić information content (AvgIpc) is 2.50. The van der Waals surface area contributed by atoms with E-state index < -0.39 is 0 Å². The third-order valence-electron chi connectivity index (χ3n) is 3.02. The van der Waals surface area contributed by atoms with E-state index in [1.807, 2.05) is 42.5 Å². The van der Waals surface area contributed by atoms with Crippen LogP contribution in [0, 0.1) is 0 Å². The predicted molar refractivity (Wildman–Crippen MR) is 92.5 cm³/mol.